The van der Waals surface area contributed by atoms with E-state index >= 15 is 0 Å². The summed E-state index contributed by atoms with van der Waals surface area (Å²) in [6, 6.07) is 1.99. The molecule has 1 aliphatic heterocycles. The molecule has 1 atom stereocenters. The van der Waals surface area contributed by atoms with Crippen molar-refractivity contribution >= 4 is 17.2 Å². The molecule has 3 heterocycles. The summed E-state index contributed by atoms with van der Waals surface area (Å²) in [6.07, 6.45) is 8.78. The number of hydrogen-bond acceptors (Lipinski definition) is 3. The van der Waals surface area contributed by atoms with Gasteiger partial charge in [-0.3, -0.25) is 9.59 Å². The van der Waals surface area contributed by atoms with Crippen LogP contribution in [0.15, 0.2) is 10.9 Å². The van der Waals surface area contributed by atoms with Crippen molar-refractivity contribution < 1.29 is 4.79 Å². The number of aromatic nitrogens is 1. The minimum absolute atomic E-state index is 0.0721. The number of pyridine rings is 1. The van der Waals surface area contributed by atoms with Crippen LogP contribution >= 0.6 is 11.3 Å². The zero-order valence-electron chi connectivity index (χ0n) is 18.8. The largest absolute Gasteiger partial charge is 0.334 e. The van der Waals surface area contributed by atoms with E-state index in [1.54, 1.807) is 0 Å². The number of carbonyl (C=O) groups is 1. The van der Waals surface area contributed by atoms with Crippen molar-refractivity contribution in [3.05, 3.63) is 54.1 Å². The van der Waals surface area contributed by atoms with E-state index in [0.29, 0.717) is 24.6 Å². The van der Waals surface area contributed by atoms with Gasteiger partial charge in [0.2, 0.25) is 0 Å². The lowest BCUT2D eigenvalue weighted by Gasteiger charge is -2.29. The number of fused-ring (bicyclic) bond motifs is 1. The van der Waals surface area contributed by atoms with Crippen LogP contribution in [0.5, 0.6) is 0 Å². The SMILES string of the molecule is CCC(c1sc2c(c1C)C(=O)N(Cc1c(C)cc(C)[nH]c1=O)CC2)C1CCCCC1. The van der Waals surface area contributed by atoms with Crippen LogP contribution in [0.4, 0.5) is 0 Å². The van der Waals surface area contributed by atoms with Crippen LogP contribution in [-0.4, -0.2) is 22.3 Å². The molecule has 1 N–H and O–H groups in total. The summed E-state index contributed by atoms with van der Waals surface area (Å²) >= 11 is 1.89. The van der Waals surface area contributed by atoms with Gasteiger partial charge in [-0.1, -0.05) is 26.2 Å². The molecule has 0 radical (unpaired) electrons. The van der Waals surface area contributed by atoms with Crippen molar-refractivity contribution in [2.45, 2.75) is 85.1 Å². The number of nitrogens with zero attached hydrogens (tertiary/aromatic N) is 1. The number of rotatable bonds is 5. The number of thiophene rings is 1. The molecule has 2 aromatic rings. The van der Waals surface area contributed by atoms with Gasteiger partial charge in [0, 0.05) is 34.0 Å². The number of nitrogens with one attached hydrogen (secondary N) is 1. The lowest BCUT2D eigenvalue weighted by Crippen LogP contribution is -2.38. The first-order chi connectivity index (χ1) is 14.4. The molecule has 1 fully saturated rings. The van der Waals surface area contributed by atoms with E-state index in [-0.39, 0.29) is 11.5 Å². The molecule has 1 saturated carbocycles. The van der Waals surface area contributed by atoms with E-state index in [1.807, 2.05) is 36.2 Å². The second kappa shape index (κ2) is 8.70. The number of amides is 1. The molecule has 162 valence electrons. The van der Waals surface area contributed by atoms with Gasteiger partial charge in [0.1, 0.15) is 0 Å². The van der Waals surface area contributed by atoms with E-state index in [0.717, 1.165) is 35.6 Å². The van der Waals surface area contributed by atoms with Crippen LogP contribution < -0.4 is 5.56 Å². The predicted molar refractivity (Wildman–Crippen MR) is 124 cm³/mol. The third kappa shape index (κ3) is 3.89. The molecule has 1 amide bonds. The van der Waals surface area contributed by atoms with E-state index < -0.39 is 0 Å². The molecule has 0 spiro atoms. The average molecular weight is 427 g/mol. The second-order valence-electron chi connectivity index (χ2n) is 9.22. The lowest BCUT2D eigenvalue weighted by molar-refractivity contribution is 0.0727. The first-order valence-corrected chi connectivity index (χ1v) is 12.3. The minimum atomic E-state index is -0.0721. The van der Waals surface area contributed by atoms with Gasteiger partial charge < -0.3 is 9.88 Å². The van der Waals surface area contributed by atoms with Gasteiger partial charge in [0.05, 0.1) is 12.1 Å². The highest BCUT2D eigenvalue weighted by Gasteiger charge is 2.34. The summed E-state index contributed by atoms with van der Waals surface area (Å²) in [6.45, 7) is 9.40. The molecule has 0 aromatic carbocycles. The highest BCUT2D eigenvalue weighted by atomic mass is 32.1. The summed E-state index contributed by atoms with van der Waals surface area (Å²) in [5, 5.41) is 0. The molecule has 2 aliphatic rings. The molecule has 2 aromatic heterocycles. The fourth-order valence-electron chi connectivity index (χ4n) is 5.59. The van der Waals surface area contributed by atoms with E-state index in [1.165, 1.54) is 47.4 Å². The molecular weight excluding hydrogens is 392 g/mol. The van der Waals surface area contributed by atoms with Gasteiger partial charge in [-0.15, -0.1) is 11.3 Å². The monoisotopic (exact) mass is 426 g/mol. The van der Waals surface area contributed by atoms with E-state index in [4.69, 9.17) is 0 Å². The van der Waals surface area contributed by atoms with E-state index in [2.05, 4.69) is 18.8 Å². The summed E-state index contributed by atoms with van der Waals surface area (Å²) in [4.78, 5) is 33.4. The Kier molecular flexibility index (Phi) is 6.19. The van der Waals surface area contributed by atoms with Crippen molar-refractivity contribution in [2.24, 2.45) is 5.92 Å². The molecule has 4 rings (SSSR count). The standard InChI is InChI=1S/C25H34N2O2S/c1-5-19(18-9-7-6-8-10-18)23-17(4)22-21(30-23)11-12-27(25(22)29)14-20-15(2)13-16(3)26-24(20)28/h13,18-19H,5-12,14H2,1-4H3,(H,26,28). The summed E-state index contributed by atoms with van der Waals surface area (Å²) in [5.74, 6) is 1.46. The first-order valence-electron chi connectivity index (χ1n) is 11.5. The fraction of sp³-hybridized carbons (Fsp3) is 0.600. The van der Waals surface area contributed by atoms with Crippen molar-refractivity contribution in [3.63, 3.8) is 0 Å². The molecule has 5 heteroatoms. The topological polar surface area (TPSA) is 53.2 Å². The average Bonchev–Trinajstić information content (AvgIpc) is 3.05. The maximum Gasteiger partial charge on any atom is 0.255 e. The highest BCUT2D eigenvalue weighted by Crippen LogP contribution is 2.45. The Labute approximate surface area is 183 Å². The van der Waals surface area contributed by atoms with Gasteiger partial charge in [-0.2, -0.15) is 0 Å². The second-order valence-corrected chi connectivity index (χ2v) is 10.4. The van der Waals surface area contributed by atoms with Crippen molar-refractivity contribution in [3.8, 4) is 0 Å². The predicted octanol–water partition coefficient (Wildman–Crippen LogP) is 5.63. The van der Waals surface area contributed by atoms with Crippen LogP contribution in [0.2, 0.25) is 0 Å². The van der Waals surface area contributed by atoms with Crippen LogP contribution in [0.1, 0.15) is 93.9 Å². The van der Waals surface area contributed by atoms with Crippen LogP contribution in [0.3, 0.4) is 0 Å². The molecular formula is C25H34N2O2S. The molecule has 0 saturated heterocycles. The Morgan fingerprint density at radius 1 is 1.17 bits per heavy atom. The number of carbonyl (C=O) groups excluding carboxylic acids is 1. The van der Waals surface area contributed by atoms with Crippen molar-refractivity contribution in [2.75, 3.05) is 6.54 Å². The number of aryl methyl sites for hydroxylation is 2. The van der Waals surface area contributed by atoms with Gasteiger partial charge in [-0.25, -0.2) is 0 Å². The van der Waals surface area contributed by atoms with Crippen molar-refractivity contribution in [1.29, 1.82) is 0 Å². The Bertz CT molecular complexity index is 997. The highest BCUT2D eigenvalue weighted by molar-refractivity contribution is 7.12. The molecule has 1 aliphatic carbocycles. The maximum absolute atomic E-state index is 13.5. The zero-order chi connectivity index (χ0) is 21.4. The van der Waals surface area contributed by atoms with Gasteiger partial charge in [0.25, 0.3) is 11.5 Å². The quantitative estimate of drug-likeness (QED) is 0.673. The fourth-order valence-corrected chi connectivity index (χ4v) is 7.15. The minimum Gasteiger partial charge on any atom is -0.334 e. The normalized spacial score (nSPS) is 18.5. The summed E-state index contributed by atoms with van der Waals surface area (Å²) in [5.41, 5.74) is 4.59. The van der Waals surface area contributed by atoms with Crippen molar-refractivity contribution in [1.82, 2.24) is 9.88 Å². The first kappa shape index (κ1) is 21.4. The molecule has 30 heavy (non-hydrogen) atoms. The van der Waals surface area contributed by atoms with E-state index in [9.17, 15) is 9.59 Å². The van der Waals surface area contributed by atoms with Crippen LogP contribution in [0.25, 0.3) is 0 Å². The third-order valence-electron chi connectivity index (χ3n) is 7.20. The lowest BCUT2D eigenvalue weighted by atomic mass is 9.77. The van der Waals surface area contributed by atoms with Crippen LogP contribution in [-0.2, 0) is 13.0 Å². The zero-order valence-corrected chi connectivity index (χ0v) is 19.6. The van der Waals surface area contributed by atoms with Crippen LogP contribution in [0, 0.1) is 26.7 Å². The summed E-state index contributed by atoms with van der Waals surface area (Å²) < 4.78 is 0. The Morgan fingerprint density at radius 2 is 1.90 bits per heavy atom. The van der Waals surface area contributed by atoms with Gasteiger partial charge in [-0.05, 0) is 69.1 Å². The Morgan fingerprint density at radius 3 is 2.57 bits per heavy atom. The molecule has 1 unspecified atom stereocenters. The number of H-pyrrole nitrogens is 1. The molecule has 0 bridgehead atoms. The number of aromatic amines is 1. The smallest absolute Gasteiger partial charge is 0.255 e. The number of hydrogen-bond donors (Lipinski definition) is 1. The maximum atomic E-state index is 13.5. The van der Waals surface area contributed by atoms with Gasteiger partial charge in [0.15, 0.2) is 0 Å². The molecule has 4 nitrogen and oxygen atoms in total. The summed E-state index contributed by atoms with van der Waals surface area (Å²) in [7, 11) is 0. The van der Waals surface area contributed by atoms with Gasteiger partial charge >= 0.3 is 0 Å². The Balaban J connectivity index is 1.61. The third-order valence-corrected chi connectivity index (χ3v) is 8.69. The Hall–Kier alpha value is -1.88.